The first kappa shape index (κ1) is 10.5. The van der Waals surface area contributed by atoms with Crippen LogP contribution in [-0.2, 0) is 4.79 Å². The highest BCUT2D eigenvalue weighted by Gasteiger charge is 2.57. The van der Waals surface area contributed by atoms with E-state index in [2.05, 4.69) is 0 Å². The van der Waals surface area contributed by atoms with Crippen LogP contribution in [0.5, 0.6) is 0 Å². The SMILES string of the molecule is N[C@@H]1CCCN(C(=O)C2CC2(Cl)Cl)C1. The molecule has 1 aliphatic carbocycles. The molecule has 0 aromatic rings. The lowest BCUT2D eigenvalue weighted by Gasteiger charge is -2.31. The second-order valence-corrected chi connectivity index (χ2v) is 5.75. The molecule has 1 amide bonds. The summed E-state index contributed by atoms with van der Waals surface area (Å²) in [6.45, 7) is 1.45. The van der Waals surface area contributed by atoms with Gasteiger partial charge >= 0.3 is 0 Å². The smallest absolute Gasteiger partial charge is 0.228 e. The molecular formula is C9H14Cl2N2O. The Morgan fingerprint density at radius 1 is 1.50 bits per heavy atom. The van der Waals surface area contributed by atoms with Crippen LogP contribution >= 0.6 is 23.2 Å². The van der Waals surface area contributed by atoms with E-state index >= 15 is 0 Å². The van der Waals surface area contributed by atoms with Gasteiger partial charge in [-0.15, -0.1) is 23.2 Å². The van der Waals surface area contributed by atoms with Crippen molar-refractivity contribution in [2.75, 3.05) is 13.1 Å². The summed E-state index contributed by atoms with van der Waals surface area (Å²) in [4.78, 5) is 13.6. The normalized spacial score (nSPS) is 35.5. The molecule has 0 bridgehead atoms. The van der Waals surface area contributed by atoms with Crippen LogP contribution in [0.25, 0.3) is 0 Å². The van der Waals surface area contributed by atoms with Gasteiger partial charge < -0.3 is 10.6 Å². The topological polar surface area (TPSA) is 46.3 Å². The molecule has 0 aromatic heterocycles. The molecule has 2 fully saturated rings. The third-order valence-electron chi connectivity index (χ3n) is 2.89. The molecule has 5 heteroatoms. The monoisotopic (exact) mass is 236 g/mol. The number of piperidine rings is 1. The van der Waals surface area contributed by atoms with Gasteiger partial charge in [0, 0.05) is 19.1 Å². The zero-order chi connectivity index (χ0) is 10.3. The lowest BCUT2D eigenvalue weighted by Crippen LogP contribution is -2.46. The Bertz CT molecular complexity index is 257. The fourth-order valence-corrected chi connectivity index (χ4v) is 2.41. The van der Waals surface area contributed by atoms with Crippen molar-refractivity contribution in [1.82, 2.24) is 4.90 Å². The Morgan fingerprint density at radius 3 is 2.64 bits per heavy atom. The number of amides is 1. The number of nitrogens with two attached hydrogens (primary N) is 1. The van der Waals surface area contributed by atoms with Gasteiger partial charge in [-0.3, -0.25) is 4.79 Å². The maximum Gasteiger partial charge on any atom is 0.228 e. The van der Waals surface area contributed by atoms with Crippen LogP contribution in [0.15, 0.2) is 0 Å². The standard InChI is InChI=1S/C9H14Cl2N2O/c10-9(11)4-7(9)8(14)13-3-1-2-6(12)5-13/h6-7H,1-5,12H2/t6-,7?/m1/s1. The highest BCUT2D eigenvalue weighted by molar-refractivity contribution is 6.52. The highest BCUT2D eigenvalue weighted by Crippen LogP contribution is 2.54. The first-order chi connectivity index (χ1) is 6.50. The summed E-state index contributed by atoms with van der Waals surface area (Å²) in [5, 5.41) is 0. The summed E-state index contributed by atoms with van der Waals surface area (Å²) in [5.74, 6) is -0.124. The zero-order valence-electron chi connectivity index (χ0n) is 7.88. The lowest BCUT2D eigenvalue weighted by molar-refractivity contribution is -0.133. The van der Waals surface area contributed by atoms with Crippen molar-refractivity contribution >= 4 is 29.1 Å². The average molecular weight is 237 g/mol. The molecule has 2 atom stereocenters. The number of hydrogen-bond acceptors (Lipinski definition) is 2. The van der Waals surface area contributed by atoms with E-state index < -0.39 is 4.33 Å². The Kier molecular flexibility index (Phi) is 2.66. The van der Waals surface area contributed by atoms with Gasteiger partial charge in [-0.25, -0.2) is 0 Å². The molecule has 0 radical (unpaired) electrons. The third kappa shape index (κ3) is 2.00. The van der Waals surface area contributed by atoms with E-state index in [0.717, 1.165) is 19.4 Å². The molecule has 3 nitrogen and oxygen atoms in total. The summed E-state index contributed by atoms with van der Waals surface area (Å²) in [6.07, 6.45) is 2.57. The van der Waals surface area contributed by atoms with E-state index in [-0.39, 0.29) is 17.9 Å². The zero-order valence-corrected chi connectivity index (χ0v) is 9.39. The van der Waals surface area contributed by atoms with Crippen molar-refractivity contribution in [1.29, 1.82) is 0 Å². The summed E-state index contributed by atoms with van der Waals surface area (Å²) in [7, 11) is 0. The van der Waals surface area contributed by atoms with Crippen molar-refractivity contribution < 1.29 is 4.79 Å². The van der Waals surface area contributed by atoms with Gasteiger partial charge in [-0.1, -0.05) is 0 Å². The Morgan fingerprint density at radius 2 is 2.14 bits per heavy atom. The maximum absolute atomic E-state index is 11.8. The molecule has 80 valence electrons. The molecule has 1 saturated heterocycles. The Hall–Kier alpha value is 0.01000. The average Bonchev–Trinajstić information content (AvgIpc) is 2.74. The van der Waals surface area contributed by atoms with Crippen LogP contribution in [0.3, 0.4) is 0 Å². The van der Waals surface area contributed by atoms with Crippen molar-refractivity contribution in [2.45, 2.75) is 29.6 Å². The summed E-state index contributed by atoms with van der Waals surface area (Å²) in [6, 6.07) is 0.117. The van der Waals surface area contributed by atoms with Gasteiger partial charge in [-0.05, 0) is 19.3 Å². The molecule has 1 heterocycles. The Balaban J connectivity index is 1.92. The van der Waals surface area contributed by atoms with Crippen molar-refractivity contribution in [3.63, 3.8) is 0 Å². The maximum atomic E-state index is 11.8. The van der Waals surface area contributed by atoms with Crippen LogP contribution in [-0.4, -0.2) is 34.3 Å². The molecule has 1 aliphatic heterocycles. The molecule has 0 spiro atoms. The van der Waals surface area contributed by atoms with Crippen LogP contribution in [0.4, 0.5) is 0 Å². The minimum absolute atomic E-state index is 0.0742. The molecule has 1 unspecified atom stereocenters. The van der Waals surface area contributed by atoms with E-state index in [9.17, 15) is 4.79 Å². The third-order valence-corrected chi connectivity index (χ3v) is 3.73. The van der Waals surface area contributed by atoms with E-state index in [1.54, 1.807) is 4.90 Å². The first-order valence-electron chi connectivity index (χ1n) is 4.93. The fraction of sp³-hybridized carbons (Fsp3) is 0.889. The molecule has 2 rings (SSSR count). The van der Waals surface area contributed by atoms with E-state index in [0.29, 0.717) is 13.0 Å². The van der Waals surface area contributed by atoms with Gasteiger partial charge in [-0.2, -0.15) is 0 Å². The van der Waals surface area contributed by atoms with Gasteiger partial charge in [0.1, 0.15) is 4.33 Å². The number of alkyl halides is 2. The summed E-state index contributed by atoms with van der Waals surface area (Å²) >= 11 is 11.7. The molecule has 2 N–H and O–H groups in total. The molecule has 0 aromatic carbocycles. The largest absolute Gasteiger partial charge is 0.341 e. The predicted molar refractivity (Wildman–Crippen MR) is 56.3 cm³/mol. The summed E-state index contributed by atoms with van der Waals surface area (Å²) in [5.41, 5.74) is 5.79. The number of halogens is 2. The van der Waals surface area contributed by atoms with E-state index in [4.69, 9.17) is 28.9 Å². The van der Waals surface area contributed by atoms with Crippen molar-refractivity contribution in [3.8, 4) is 0 Å². The molecule has 1 saturated carbocycles. The van der Waals surface area contributed by atoms with Crippen molar-refractivity contribution in [3.05, 3.63) is 0 Å². The molecular weight excluding hydrogens is 223 g/mol. The second kappa shape index (κ2) is 3.54. The van der Waals surface area contributed by atoms with Crippen LogP contribution in [0.2, 0.25) is 0 Å². The first-order valence-corrected chi connectivity index (χ1v) is 5.68. The molecule has 2 aliphatic rings. The van der Waals surface area contributed by atoms with Crippen LogP contribution in [0.1, 0.15) is 19.3 Å². The van der Waals surface area contributed by atoms with Gasteiger partial charge in [0.05, 0.1) is 5.92 Å². The second-order valence-electron chi connectivity index (χ2n) is 4.20. The van der Waals surface area contributed by atoms with Gasteiger partial charge in [0.2, 0.25) is 5.91 Å². The fourth-order valence-electron chi connectivity index (χ4n) is 1.91. The van der Waals surface area contributed by atoms with Gasteiger partial charge in [0.25, 0.3) is 0 Å². The summed E-state index contributed by atoms with van der Waals surface area (Å²) < 4.78 is -0.807. The van der Waals surface area contributed by atoms with E-state index in [1.807, 2.05) is 0 Å². The number of carbonyl (C=O) groups excluding carboxylic acids is 1. The quantitative estimate of drug-likeness (QED) is 0.695. The predicted octanol–water partition coefficient (Wildman–Crippen LogP) is 1.13. The number of hydrogen-bond donors (Lipinski definition) is 1. The Labute approximate surface area is 93.5 Å². The molecule has 14 heavy (non-hydrogen) atoms. The van der Waals surface area contributed by atoms with Crippen molar-refractivity contribution in [2.24, 2.45) is 11.7 Å². The number of nitrogens with zero attached hydrogens (tertiary/aromatic N) is 1. The highest BCUT2D eigenvalue weighted by atomic mass is 35.5. The minimum atomic E-state index is -0.807. The van der Waals surface area contributed by atoms with Gasteiger partial charge in [0.15, 0.2) is 0 Å². The lowest BCUT2D eigenvalue weighted by atomic mass is 10.1. The number of rotatable bonds is 1. The van der Waals surface area contributed by atoms with E-state index in [1.165, 1.54) is 0 Å². The number of carbonyl (C=O) groups is 1. The number of likely N-dealkylation sites (tertiary alicyclic amines) is 1. The minimum Gasteiger partial charge on any atom is -0.341 e. The van der Waals surface area contributed by atoms with Crippen LogP contribution in [0, 0.1) is 5.92 Å². The van der Waals surface area contributed by atoms with Crippen LogP contribution < -0.4 is 5.73 Å².